The van der Waals surface area contributed by atoms with Crippen LogP contribution in [0.1, 0.15) is 67.6 Å². The number of anilines is 2. The number of halogens is 3. The lowest BCUT2D eigenvalue weighted by molar-refractivity contribution is -0.182. The van der Waals surface area contributed by atoms with E-state index in [4.69, 9.17) is 0 Å². The molecule has 6 rings (SSSR count). The highest BCUT2D eigenvalue weighted by Crippen LogP contribution is 2.55. The number of nitrogens with zero attached hydrogens (tertiary/aromatic N) is 8. The van der Waals surface area contributed by atoms with Crippen molar-refractivity contribution in [1.82, 2.24) is 29.5 Å². The minimum absolute atomic E-state index is 0.0681. The normalized spacial score (nSPS) is 14.8. The van der Waals surface area contributed by atoms with Crippen molar-refractivity contribution in [1.29, 1.82) is 10.5 Å². The quantitative estimate of drug-likeness (QED) is 0.193. The predicted molar refractivity (Wildman–Crippen MR) is 166 cm³/mol. The van der Waals surface area contributed by atoms with Crippen molar-refractivity contribution in [3.63, 3.8) is 0 Å². The van der Waals surface area contributed by atoms with E-state index in [-0.39, 0.29) is 29.5 Å². The van der Waals surface area contributed by atoms with Crippen LogP contribution in [0, 0.1) is 35.0 Å². The molecule has 0 saturated heterocycles. The van der Waals surface area contributed by atoms with Crippen LogP contribution in [-0.2, 0) is 5.54 Å². The molecule has 234 valence electrons. The number of rotatable bonds is 8. The topological polar surface area (TPSA) is 133 Å². The molecule has 2 N–H and O–H groups in total. The number of imidazole rings is 1. The van der Waals surface area contributed by atoms with Crippen LogP contribution in [-0.4, -0.2) is 42.2 Å². The van der Waals surface area contributed by atoms with Crippen LogP contribution in [0.5, 0.6) is 0 Å². The first kappa shape index (κ1) is 30.6. The molecular weight excluding hydrogens is 593 g/mol. The van der Waals surface area contributed by atoms with E-state index in [9.17, 15) is 23.7 Å². The lowest BCUT2D eigenvalue weighted by atomic mass is 9.95. The highest BCUT2D eigenvalue weighted by Gasteiger charge is 2.66. The van der Waals surface area contributed by atoms with Crippen molar-refractivity contribution in [2.45, 2.75) is 58.3 Å². The summed E-state index contributed by atoms with van der Waals surface area (Å²) in [6.45, 7) is 8.65. The predicted octanol–water partition coefficient (Wildman–Crippen LogP) is 6.77. The summed E-state index contributed by atoms with van der Waals surface area (Å²) in [4.78, 5) is 8.58. The molecule has 13 heteroatoms. The Morgan fingerprint density at radius 3 is 2.48 bits per heavy atom. The van der Waals surface area contributed by atoms with Crippen LogP contribution in [0.15, 0.2) is 61.4 Å². The zero-order valence-corrected chi connectivity index (χ0v) is 25.7. The number of pyridine rings is 1. The summed E-state index contributed by atoms with van der Waals surface area (Å²) in [5.41, 5.74) is 2.55. The molecule has 1 atom stereocenters. The standard InChI is InChI=1S/C33H31F3N10/c1-20-24(6-5-7-27(20)45-11-10-39-19-45)30(26-17-46(44-43-26)32(8-9-32)33(34,35)36)42-23-12-21(14-37)28-25(13-23)29(22(15-38)16-40-28)41-18-31(2,3)4/h5-7,10-13,16-17,19,30,42H,8-9,18H2,1-4H3,(H,40,41)/t30-/m0/s1. The maximum absolute atomic E-state index is 14.0. The number of fused-ring (bicyclic) bond motifs is 1. The average molecular weight is 625 g/mol. The number of nitrogens with one attached hydrogen (secondary N) is 2. The van der Waals surface area contributed by atoms with Crippen molar-refractivity contribution in [3.8, 4) is 17.8 Å². The summed E-state index contributed by atoms with van der Waals surface area (Å²) in [6.07, 6.45) is 3.32. The fraction of sp³-hybridized carbons (Fsp3) is 0.333. The largest absolute Gasteiger partial charge is 0.413 e. The van der Waals surface area contributed by atoms with Crippen LogP contribution >= 0.6 is 0 Å². The zero-order chi connectivity index (χ0) is 32.9. The Balaban J connectivity index is 1.50. The molecule has 0 aliphatic heterocycles. The molecule has 0 amide bonds. The molecule has 3 aromatic heterocycles. The lowest BCUT2D eigenvalue weighted by Gasteiger charge is -2.24. The summed E-state index contributed by atoms with van der Waals surface area (Å²) >= 11 is 0. The van der Waals surface area contributed by atoms with Crippen molar-refractivity contribution < 1.29 is 13.2 Å². The molecule has 3 heterocycles. The van der Waals surface area contributed by atoms with Gasteiger partial charge in [-0.1, -0.05) is 38.1 Å². The van der Waals surface area contributed by atoms with Gasteiger partial charge in [-0.3, -0.25) is 4.98 Å². The van der Waals surface area contributed by atoms with Crippen molar-refractivity contribution >= 4 is 22.3 Å². The van der Waals surface area contributed by atoms with Crippen molar-refractivity contribution in [2.75, 3.05) is 17.2 Å². The lowest BCUT2D eigenvalue weighted by Crippen LogP contribution is -2.35. The van der Waals surface area contributed by atoms with Crippen LogP contribution in [0.4, 0.5) is 24.5 Å². The zero-order valence-electron chi connectivity index (χ0n) is 25.7. The van der Waals surface area contributed by atoms with Gasteiger partial charge in [-0.15, -0.1) is 5.10 Å². The monoisotopic (exact) mass is 624 g/mol. The van der Waals surface area contributed by atoms with Crippen LogP contribution in [0.3, 0.4) is 0 Å². The van der Waals surface area contributed by atoms with E-state index in [1.165, 1.54) is 12.4 Å². The molecule has 46 heavy (non-hydrogen) atoms. The molecule has 0 radical (unpaired) electrons. The van der Waals surface area contributed by atoms with Gasteiger partial charge in [0.2, 0.25) is 0 Å². The number of benzene rings is 2. The van der Waals surface area contributed by atoms with E-state index in [2.05, 4.69) is 63.8 Å². The molecule has 2 aromatic carbocycles. The minimum atomic E-state index is -4.47. The van der Waals surface area contributed by atoms with Crippen LogP contribution in [0.2, 0.25) is 0 Å². The Labute approximate surface area is 263 Å². The fourth-order valence-corrected chi connectivity index (χ4v) is 5.59. The molecule has 1 aliphatic rings. The smallest absolute Gasteiger partial charge is 0.383 e. The Morgan fingerprint density at radius 1 is 1.09 bits per heavy atom. The Kier molecular flexibility index (Phi) is 7.43. The van der Waals surface area contributed by atoms with Gasteiger partial charge in [-0.2, -0.15) is 23.7 Å². The van der Waals surface area contributed by atoms with Crippen molar-refractivity contribution in [3.05, 3.63) is 89.4 Å². The van der Waals surface area contributed by atoms with Gasteiger partial charge in [0.1, 0.15) is 17.8 Å². The fourth-order valence-electron chi connectivity index (χ4n) is 5.59. The molecule has 0 spiro atoms. The Morgan fingerprint density at radius 2 is 1.85 bits per heavy atom. The highest BCUT2D eigenvalue weighted by atomic mass is 19.4. The average Bonchev–Trinajstić information content (AvgIpc) is 3.41. The second kappa shape index (κ2) is 11.2. The second-order valence-electron chi connectivity index (χ2n) is 12.8. The van der Waals surface area contributed by atoms with Gasteiger partial charge >= 0.3 is 6.18 Å². The molecule has 10 nitrogen and oxygen atoms in total. The summed E-state index contributed by atoms with van der Waals surface area (Å²) in [5, 5.41) is 35.6. The van der Waals surface area contributed by atoms with Gasteiger partial charge in [0.15, 0.2) is 5.54 Å². The highest BCUT2D eigenvalue weighted by molar-refractivity contribution is 5.99. The third kappa shape index (κ3) is 5.49. The second-order valence-corrected chi connectivity index (χ2v) is 12.8. The molecule has 0 unspecified atom stereocenters. The number of hydrogen-bond donors (Lipinski definition) is 2. The SMILES string of the molecule is Cc1c([C@H](Nc2cc(C#N)c3ncc(C#N)c(NCC(C)(C)C)c3c2)c2cn(C3(C(F)(F)F)CC3)nn2)cccc1-n1ccnc1. The van der Waals surface area contributed by atoms with Gasteiger partial charge in [0, 0.05) is 41.9 Å². The molecular formula is C33H31F3N10. The number of nitriles is 2. The van der Waals surface area contributed by atoms with E-state index in [1.807, 2.05) is 29.7 Å². The first-order valence-corrected chi connectivity index (χ1v) is 14.7. The van der Waals surface area contributed by atoms with Crippen LogP contribution < -0.4 is 10.6 Å². The third-order valence-electron chi connectivity index (χ3n) is 8.26. The first-order chi connectivity index (χ1) is 21.8. The molecule has 0 bridgehead atoms. The summed E-state index contributed by atoms with van der Waals surface area (Å²) in [5.74, 6) is 0. The first-order valence-electron chi connectivity index (χ1n) is 14.7. The van der Waals surface area contributed by atoms with Gasteiger partial charge in [-0.05, 0) is 54.5 Å². The summed E-state index contributed by atoms with van der Waals surface area (Å²) < 4.78 is 44.8. The Hall–Kier alpha value is -5.43. The molecule has 1 fully saturated rings. The van der Waals surface area contributed by atoms with Crippen molar-refractivity contribution in [2.24, 2.45) is 5.41 Å². The summed E-state index contributed by atoms with van der Waals surface area (Å²) in [6, 6.07) is 12.7. The minimum Gasteiger partial charge on any atom is -0.383 e. The van der Waals surface area contributed by atoms with Crippen LogP contribution in [0.25, 0.3) is 16.6 Å². The third-order valence-corrected chi connectivity index (χ3v) is 8.26. The summed E-state index contributed by atoms with van der Waals surface area (Å²) in [7, 11) is 0. The van der Waals surface area contributed by atoms with E-state index in [0.29, 0.717) is 34.4 Å². The van der Waals surface area contributed by atoms with Gasteiger partial charge < -0.3 is 15.2 Å². The number of alkyl halides is 3. The van der Waals surface area contributed by atoms with E-state index >= 15 is 0 Å². The van der Waals surface area contributed by atoms with E-state index < -0.39 is 17.8 Å². The number of hydrogen-bond acceptors (Lipinski definition) is 8. The maximum atomic E-state index is 14.0. The van der Waals surface area contributed by atoms with E-state index in [0.717, 1.165) is 21.5 Å². The molecule has 5 aromatic rings. The molecule has 1 saturated carbocycles. The van der Waals surface area contributed by atoms with E-state index in [1.54, 1.807) is 30.9 Å². The maximum Gasteiger partial charge on any atom is 0.413 e. The number of aromatic nitrogens is 6. The Bertz CT molecular complexity index is 2000. The van der Waals surface area contributed by atoms with Gasteiger partial charge in [0.25, 0.3) is 0 Å². The van der Waals surface area contributed by atoms with Gasteiger partial charge in [0.05, 0.1) is 40.9 Å². The molecule has 1 aliphatic carbocycles. The van der Waals surface area contributed by atoms with Gasteiger partial charge in [-0.25, -0.2) is 9.67 Å².